The minimum absolute atomic E-state index is 0.184. The molecular weight excluding hydrogens is 244 g/mol. The lowest BCUT2D eigenvalue weighted by molar-refractivity contribution is -0.137. The third-order valence-corrected chi connectivity index (χ3v) is 2.73. The van der Waals surface area contributed by atoms with E-state index in [1.165, 1.54) is 0 Å². The highest BCUT2D eigenvalue weighted by molar-refractivity contribution is 6.40. The number of hydrogen-bond acceptors (Lipinski definition) is 4. The Hall–Kier alpha value is -1.84. The van der Waals surface area contributed by atoms with Crippen LogP contribution in [0.25, 0.3) is 0 Å². The molecule has 0 fully saturated rings. The molecule has 19 heavy (non-hydrogen) atoms. The van der Waals surface area contributed by atoms with E-state index in [4.69, 9.17) is 9.47 Å². The van der Waals surface area contributed by atoms with Gasteiger partial charge in [-0.3, -0.25) is 4.79 Å². The molecule has 0 saturated heterocycles. The van der Waals surface area contributed by atoms with Crippen LogP contribution in [0.3, 0.4) is 0 Å². The molecule has 104 valence electrons. The molecule has 0 aliphatic carbocycles. The Bertz CT molecular complexity index is 483. The van der Waals surface area contributed by atoms with Gasteiger partial charge in [-0.2, -0.15) is 0 Å². The van der Waals surface area contributed by atoms with E-state index in [1.807, 2.05) is 20.8 Å². The molecule has 0 aliphatic rings. The number of Topliss-reactive ketones (excluding diaryl/α,β-unsaturated/α-hetero) is 1. The number of carbonyl (C=O) groups excluding carboxylic acids is 2. The van der Waals surface area contributed by atoms with Gasteiger partial charge in [0.2, 0.25) is 0 Å². The lowest BCUT2D eigenvalue weighted by atomic mass is 9.85. The highest BCUT2D eigenvalue weighted by Crippen LogP contribution is 2.32. The molecule has 0 amide bonds. The van der Waals surface area contributed by atoms with Gasteiger partial charge in [0.15, 0.2) is 0 Å². The molecule has 0 aromatic heterocycles. The van der Waals surface area contributed by atoms with E-state index in [0.29, 0.717) is 11.3 Å². The van der Waals surface area contributed by atoms with E-state index in [1.54, 1.807) is 32.2 Å². The lowest BCUT2D eigenvalue weighted by Gasteiger charge is -2.22. The highest BCUT2D eigenvalue weighted by atomic mass is 16.5. The molecular formula is C15H20O4. The second-order valence-corrected chi connectivity index (χ2v) is 5.21. The molecule has 1 rings (SSSR count). The van der Waals surface area contributed by atoms with E-state index in [-0.39, 0.29) is 12.0 Å². The Labute approximate surface area is 113 Å². The predicted octanol–water partition coefficient (Wildman–Crippen LogP) is 2.74. The first-order valence-corrected chi connectivity index (χ1v) is 6.21. The summed E-state index contributed by atoms with van der Waals surface area (Å²) in [5.74, 6) is -0.754. The van der Waals surface area contributed by atoms with E-state index in [9.17, 15) is 9.59 Å². The first kappa shape index (κ1) is 15.2. The fraction of sp³-hybridized carbons (Fsp3) is 0.467. The summed E-state index contributed by atoms with van der Waals surface area (Å²) >= 11 is 0. The molecule has 0 heterocycles. The Balaban J connectivity index is 3.19. The van der Waals surface area contributed by atoms with E-state index in [2.05, 4.69) is 0 Å². The zero-order valence-corrected chi connectivity index (χ0v) is 12.1. The van der Waals surface area contributed by atoms with Gasteiger partial charge in [0.1, 0.15) is 5.75 Å². The van der Waals surface area contributed by atoms with Crippen LogP contribution in [0.15, 0.2) is 18.2 Å². The summed E-state index contributed by atoms with van der Waals surface area (Å²) in [5.41, 5.74) is 1.02. The highest BCUT2D eigenvalue weighted by Gasteiger charge is 2.23. The molecule has 0 bridgehead atoms. The standard InChI is InChI=1S/C15H20O4/c1-6-19-14(17)13(16)10-7-8-12(18-5)11(9-10)15(2,3)4/h7-9H,6H2,1-5H3. The maximum Gasteiger partial charge on any atom is 0.379 e. The average Bonchev–Trinajstić information content (AvgIpc) is 2.36. The molecule has 0 aliphatic heterocycles. The van der Waals surface area contributed by atoms with Crippen LogP contribution in [-0.2, 0) is 14.9 Å². The third-order valence-electron chi connectivity index (χ3n) is 2.73. The van der Waals surface area contributed by atoms with Gasteiger partial charge in [0, 0.05) is 11.1 Å². The Morgan fingerprint density at radius 2 is 1.84 bits per heavy atom. The second kappa shape index (κ2) is 5.87. The van der Waals surface area contributed by atoms with Crippen molar-refractivity contribution in [3.05, 3.63) is 29.3 Å². The van der Waals surface area contributed by atoms with Crippen molar-refractivity contribution >= 4 is 11.8 Å². The topological polar surface area (TPSA) is 52.6 Å². The van der Waals surface area contributed by atoms with Crippen molar-refractivity contribution in [1.82, 2.24) is 0 Å². The number of hydrogen-bond donors (Lipinski definition) is 0. The maximum absolute atomic E-state index is 11.9. The normalized spacial score (nSPS) is 11.0. The van der Waals surface area contributed by atoms with Crippen molar-refractivity contribution in [3.63, 3.8) is 0 Å². The first-order valence-electron chi connectivity index (χ1n) is 6.21. The second-order valence-electron chi connectivity index (χ2n) is 5.21. The smallest absolute Gasteiger partial charge is 0.379 e. The van der Waals surface area contributed by atoms with Crippen molar-refractivity contribution in [2.24, 2.45) is 0 Å². The first-order chi connectivity index (χ1) is 8.81. The monoisotopic (exact) mass is 264 g/mol. The van der Waals surface area contributed by atoms with Gasteiger partial charge in [0.25, 0.3) is 5.78 Å². The third kappa shape index (κ3) is 3.56. The number of carbonyl (C=O) groups is 2. The van der Waals surface area contributed by atoms with Crippen molar-refractivity contribution in [3.8, 4) is 5.75 Å². The van der Waals surface area contributed by atoms with Gasteiger partial charge < -0.3 is 9.47 Å². The molecule has 0 radical (unpaired) electrons. The summed E-state index contributed by atoms with van der Waals surface area (Å²) in [6.45, 7) is 7.91. The summed E-state index contributed by atoms with van der Waals surface area (Å²) in [6, 6.07) is 4.97. The largest absolute Gasteiger partial charge is 0.496 e. The zero-order chi connectivity index (χ0) is 14.6. The van der Waals surface area contributed by atoms with Crippen LogP contribution in [0.2, 0.25) is 0 Å². The van der Waals surface area contributed by atoms with Crippen molar-refractivity contribution in [1.29, 1.82) is 0 Å². The molecule has 1 aromatic rings. The van der Waals surface area contributed by atoms with Gasteiger partial charge >= 0.3 is 5.97 Å². The van der Waals surface area contributed by atoms with Gasteiger partial charge in [-0.05, 0) is 30.5 Å². The van der Waals surface area contributed by atoms with E-state index in [0.717, 1.165) is 5.56 Å². The number of esters is 1. The van der Waals surface area contributed by atoms with Crippen LogP contribution in [0.1, 0.15) is 43.6 Å². The predicted molar refractivity (Wildman–Crippen MR) is 72.7 cm³/mol. The van der Waals surface area contributed by atoms with Gasteiger partial charge in [-0.25, -0.2) is 4.79 Å². The Morgan fingerprint density at radius 1 is 1.21 bits per heavy atom. The zero-order valence-electron chi connectivity index (χ0n) is 12.1. The van der Waals surface area contributed by atoms with Crippen molar-refractivity contribution < 1.29 is 19.1 Å². The summed E-state index contributed by atoms with van der Waals surface area (Å²) in [6.07, 6.45) is 0. The molecule has 0 atom stereocenters. The minimum atomic E-state index is -0.826. The molecule has 4 heteroatoms. The van der Waals surface area contributed by atoms with Crippen LogP contribution in [-0.4, -0.2) is 25.5 Å². The maximum atomic E-state index is 11.9. The van der Waals surface area contributed by atoms with Crippen molar-refractivity contribution in [2.75, 3.05) is 13.7 Å². The van der Waals surface area contributed by atoms with Gasteiger partial charge in [-0.15, -0.1) is 0 Å². The molecule has 1 aromatic carbocycles. The molecule has 4 nitrogen and oxygen atoms in total. The SMILES string of the molecule is CCOC(=O)C(=O)c1ccc(OC)c(C(C)(C)C)c1. The summed E-state index contributed by atoms with van der Waals surface area (Å²) in [7, 11) is 1.58. The number of ketones is 1. The number of benzene rings is 1. The van der Waals surface area contributed by atoms with Crippen LogP contribution >= 0.6 is 0 Å². The van der Waals surface area contributed by atoms with E-state index >= 15 is 0 Å². The van der Waals surface area contributed by atoms with Gasteiger partial charge in [-0.1, -0.05) is 20.8 Å². The van der Waals surface area contributed by atoms with Crippen LogP contribution in [0, 0.1) is 0 Å². The minimum Gasteiger partial charge on any atom is -0.496 e. The molecule has 0 saturated carbocycles. The fourth-order valence-electron chi connectivity index (χ4n) is 1.75. The van der Waals surface area contributed by atoms with Crippen LogP contribution < -0.4 is 4.74 Å². The van der Waals surface area contributed by atoms with Crippen molar-refractivity contribution in [2.45, 2.75) is 33.1 Å². The average molecular weight is 264 g/mol. The van der Waals surface area contributed by atoms with Crippen LogP contribution in [0.4, 0.5) is 0 Å². The number of ether oxygens (including phenoxy) is 2. The summed E-state index contributed by atoms with van der Waals surface area (Å²) in [5, 5.41) is 0. The van der Waals surface area contributed by atoms with E-state index < -0.39 is 11.8 Å². The van der Waals surface area contributed by atoms with Crippen LogP contribution in [0.5, 0.6) is 5.75 Å². The molecule has 0 N–H and O–H groups in total. The number of rotatable bonds is 4. The molecule has 0 spiro atoms. The summed E-state index contributed by atoms with van der Waals surface area (Å²) in [4.78, 5) is 23.4. The fourth-order valence-corrected chi connectivity index (χ4v) is 1.75. The molecule has 0 unspecified atom stereocenters. The number of methoxy groups -OCH3 is 1. The quantitative estimate of drug-likeness (QED) is 0.476. The summed E-state index contributed by atoms with van der Waals surface area (Å²) < 4.78 is 10.0. The Kier molecular flexibility index (Phi) is 4.70. The lowest BCUT2D eigenvalue weighted by Crippen LogP contribution is -2.19. The van der Waals surface area contributed by atoms with Gasteiger partial charge in [0.05, 0.1) is 13.7 Å². The Morgan fingerprint density at radius 3 is 2.32 bits per heavy atom.